The van der Waals surface area contributed by atoms with Crippen LogP contribution in [0.25, 0.3) is 0 Å². The number of hydrogen-bond donors (Lipinski definition) is 6. The summed E-state index contributed by atoms with van der Waals surface area (Å²) in [6, 6.07) is 0. The van der Waals surface area contributed by atoms with Gasteiger partial charge in [-0.05, 0) is 19.4 Å². The van der Waals surface area contributed by atoms with Crippen molar-refractivity contribution in [2.24, 2.45) is 5.73 Å². The van der Waals surface area contributed by atoms with E-state index in [4.69, 9.17) is 20.7 Å². The SMILES string of the molecule is NCCCCCC(=O)OC[C@@H](O)[C@@H](O)[C@H](O)[C@@H](O)CO. The van der Waals surface area contributed by atoms with Crippen molar-refractivity contribution in [1.82, 2.24) is 0 Å². The second kappa shape index (κ2) is 11.0. The Morgan fingerprint density at radius 3 is 2.15 bits per heavy atom. The average Bonchev–Trinajstić information content (AvgIpc) is 2.46. The number of aliphatic hydroxyl groups is 5. The lowest BCUT2D eigenvalue weighted by molar-refractivity contribution is -0.156. The summed E-state index contributed by atoms with van der Waals surface area (Å²) in [6.07, 6.45) is -4.13. The molecular weight excluding hydrogens is 270 g/mol. The van der Waals surface area contributed by atoms with Crippen LogP contribution in [0.1, 0.15) is 25.7 Å². The Morgan fingerprint density at radius 1 is 1.00 bits per heavy atom. The molecule has 0 amide bonds. The smallest absolute Gasteiger partial charge is 0.305 e. The van der Waals surface area contributed by atoms with Crippen LogP contribution in [0.2, 0.25) is 0 Å². The monoisotopic (exact) mass is 295 g/mol. The molecule has 0 aromatic heterocycles. The zero-order valence-corrected chi connectivity index (χ0v) is 11.4. The zero-order valence-electron chi connectivity index (χ0n) is 11.4. The molecule has 0 radical (unpaired) electrons. The van der Waals surface area contributed by atoms with E-state index in [2.05, 4.69) is 0 Å². The van der Waals surface area contributed by atoms with Crippen LogP contribution in [0.5, 0.6) is 0 Å². The normalized spacial score (nSPS) is 17.3. The summed E-state index contributed by atoms with van der Waals surface area (Å²) in [7, 11) is 0. The highest BCUT2D eigenvalue weighted by Crippen LogP contribution is 2.07. The summed E-state index contributed by atoms with van der Waals surface area (Å²) < 4.78 is 4.73. The highest BCUT2D eigenvalue weighted by Gasteiger charge is 2.30. The Balaban J connectivity index is 3.90. The van der Waals surface area contributed by atoms with Crippen LogP contribution >= 0.6 is 0 Å². The average molecular weight is 295 g/mol. The molecule has 0 saturated heterocycles. The van der Waals surface area contributed by atoms with Gasteiger partial charge < -0.3 is 36.0 Å². The second-order valence-electron chi connectivity index (χ2n) is 4.58. The number of nitrogens with two attached hydrogens (primary N) is 1. The van der Waals surface area contributed by atoms with E-state index in [1.807, 2.05) is 0 Å². The summed E-state index contributed by atoms with van der Waals surface area (Å²) in [4.78, 5) is 11.3. The minimum Gasteiger partial charge on any atom is -0.463 e. The van der Waals surface area contributed by atoms with Gasteiger partial charge in [-0.3, -0.25) is 4.79 Å². The Hall–Kier alpha value is -0.770. The Morgan fingerprint density at radius 2 is 1.60 bits per heavy atom. The lowest BCUT2D eigenvalue weighted by atomic mass is 10.0. The van der Waals surface area contributed by atoms with Crippen molar-refractivity contribution in [3.63, 3.8) is 0 Å². The highest BCUT2D eigenvalue weighted by atomic mass is 16.5. The van der Waals surface area contributed by atoms with Crippen molar-refractivity contribution in [2.45, 2.75) is 50.1 Å². The van der Waals surface area contributed by atoms with Gasteiger partial charge >= 0.3 is 5.97 Å². The maximum atomic E-state index is 11.3. The minimum absolute atomic E-state index is 0.185. The number of ether oxygens (including phenoxy) is 1. The first-order valence-electron chi connectivity index (χ1n) is 6.62. The van der Waals surface area contributed by atoms with Crippen LogP contribution in [0, 0.1) is 0 Å². The standard InChI is InChI=1S/C12H25NO7/c13-5-3-1-2-4-10(17)20-7-9(16)12(19)11(18)8(15)6-14/h8-9,11-12,14-16,18-19H,1-7,13H2/t8-,9+,11+,12+/m0/s1. The molecule has 0 spiro atoms. The van der Waals surface area contributed by atoms with Gasteiger partial charge in [0, 0.05) is 6.42 Å². The minimum atomic E-state index is -1.72. The maximum Gasteiger partial charge on any atom is 0.305 e. The van der Waals surface area contributed by atoms with Gasteiger partial charge in [-0.2, -0.15) is 0 Å². The lowest BCUT2D eigenvalue weighted by Gasteiger charge is -2.25. The fourth-order valence-corrected chi connectivity index (χ4v) is 1.50. The van der Waals surface area contributed by atoms with E-state index < -0.39 is 43.6 Å². The molecule has 8 nitrogen and oxygen atoms in total. The zero-order chi connectivity index (χ0) is 15.5. The largest absolute Gasteiger partial charge is 0.463 e. The molecule has 20 heavy (non-hydrogen) atoms. The second-order valence-corrected chi connectivity index (χ2v) is 4.58. The summed E-state index contributed by atoms with van der Waals surface area (Å²) in [6.45, 7) is -0.691. The van der Waals surface area contributed by atoms with Gasteiger partial charge in [0.05, 0.1) is 6.61 Å². The van der Waals surface area contributed by atoms with Crippen LogP contribution < -0.4 is 5.73 Å². The third kappa shape index (κ3) is 7.73. The molecular formula is C12H25NO7. The van der Waals surface area contributed by atoms with Crippen LogP contribution in [0.3, 0.4) is 0 Å². The van der Waals surface area contributed by atoms with Gasteiger partial charge in [0.2, 0.25) is 0 Å². The molecule has 0 aromatic rings. The van der Waals surface area contributed by atoms with Gasteiger partial charge in [0.1, 0.15) is 31.0 Å². The molecule has 120 valence electrons. The molecule has 0 aliphatic heterocycles. The quantitative estimate of drug-likeness (QED) is 0.180. The summed E-state index contributed by atoms with van der Waals surface area (Å²) in [5.41, 5.74) is 5.30. The fourth-order valence-electron chi connectivity index (χ4n) is 1.50. The van der Waals surface area contributed by atoms with E-state index in [1.165, 1.54) is 0 Å². The summed E-state index contributed by atoms with van der Waals surface area (Å²) in [5, 5.41) is 46.0. The van der Waals surface area contributed by atoms with E-state index in [-0.39, 0.29) is 6.42 Å². The first-order valence-corrected chi connectivity index (χ1v) is 6.62. The molecule has 0 fully saturated rings. The van der Waals surface area contributed by atoms with Gasteiger partial charge in [-0.25, -0.2) is 0 Å². The van der Waals surface area contributed by atoms with Crippen molar-refractivity contribution in [1.29, 1.82) is 0 Å². The molecule has 7 N–H and O–H groups in total. The van der Waals surface area contributed by atoms with Crippen molar-refractivity contribution >= 4 is 5.97 Å². The number of aliphatic hydroxyl groups excluding tert-OH is 5. The van der Waals surface area contributed by atoms with E-state index in [0.717, 1.165) is 12.8 Å². The van der Waals surface area contributed by atoms with Crippen molar-refractivity contribution in [3.05, 3.63) is 0 Å². The molecule has 8 heteroatoms. The molecule has 4 atom stereocenters. The number of carbonyl (C=O) groups excluding carboxylic acids is 1. The molecule has 0 saturated carbocycles. The molecule has 0 aromatic carbocycles. The Bertz CT molecular complexity index is 264. The summed E-state index contributed by atoms with van der Waals surface area (Å²) in [5.74, 6) is -0.523. The molecule has 0 unspecified atom stereocenters. The lowest BCUT2D eigenvalue weighted by Crippen LogP contribution is -2.47. The molecule has 0 aliphatic carbocycles. The topological polar surface area (TPSA) is 153 Å². The number of rotatable bonds is 11. The van der Waals surface area contributed by atoms with Gasteiger partial charge in [-0.1, -0.05) is 6.42 Å². The number of esters is 1. The molecule has 0 aliphatic rings. The fraction of sp³-hybridized carbons (Fsp3) is 0.917. The predicted octanol–water partition coefficient (Wildman–Crippen LogP) is -2.52. The van der Waals surface area contributed by atoms with Crippen molar-refractivity contribution in [2.75, 3.05) is 19.8 Å². The van der Waals surface area contributed by atoms with Crippen LogP contribution in [-0.4, -0.2) is 75.7 Å². The molecule has 0 heterocycles. The number of hydrogen-bond acceptors (Lipinski definition) is 8. The third-order valence-corrected chi connectivity index (χ3v) is 2.83. The number of carbonyl (C=O) groups is 1. The maximum absolute atomic E-state index is 11.3. The van der Waals surface area contributed by atoms with Crippen LogP contribution in [0.15, 0.2) is 0 Å². The first-order chi connectivity index (χ1) is 9.43. The van der Waals surface area contributed by atoms with Crippen molar-refractivity contribution < 1.29 is 35.1 Å². The highest BCUT2D eigenvalue weighted by molar-refractivity contribution is 5.69. The van der Waals surface area contributed by atoms with E-state index in [0.29, 0.717) is 13.0 Å². The third-order valence-electron chi connectivity index (χ3n) is 2.83. The van der Waals surface area contributed by atoms with Crippen molar-refractivity contribution in [3.8, 4) is 0 Å². The number of unbranched alkanes of at least 4 members (excludes halogenated alkanes) is 2. The van der Waals surface area contributed by atoms with Gasteiger partial charge in [0.25, 0.3) is 0 Å². The van der Waals surface area contributed by atoms with Crippen LogP contribution in [0.4, 0.5) is 0 Å². The van der Waals surface area contributed by atoms with E-state index in [1.54, 1.807) is 0 Å². The Labute approximate surface area is 117 Å². The van der Waals surface area contributed by atoms with E-state index >= 15 is 0 Å². The summed E-state index contributed by atoms with van der Waals surface area (Å²) >= 11 is 0. The van der Waals surface area contributed by atoms with Gasteiger partial charge in [0.15, 0.2) is 0 Å². The van der Waals surface area contributed by atoms with Crippen LogP contribution in [-0.2, 0) is 9.53 Å². The molecule has 0 rings (SSSR count). The molecule has 0 bridgehead atoms. The van der Waals surface area contributed by atoms with E-state index in [9.17, 15) is 20.1 Å². The Kier molecular flexibility index (Phi) is 10.5. The van der Waals surface area contributed by atoms with Gasteiger partial charge in [-0.15, -0.1) is 0 Å². The first kappa shape index (κ1) is 19.2. The predicted molar refractivity (Wildman–Crippen MR) is 69.6 cm³/mol.